The standard InChI is InChI=1S/C14H20N4O2S/c1-3-12-5-4-11(9-15)8-13(12)21(19,20)17-10-14-16-6-7-18(14)2/h4-8,17H,3,9-10,15H2,1-2H3. The van der Waals surface area contributed by atoms with Gasteiger partial charge in [-0.1, -0.05) is 19.1 Å². The minimum absolute atomic E-state index is 0.155. The van der Waals surface area contributed by atoms with Gasteiger partial charge in [0.05, 0.1) is 11.4 Å². The van der Waals surface area contributed by atoms with E-state index in [1.165, 1.54) is 0 Å². The quantitative estimate of drug-likeness (QED) is 0.830. The largest absolute Gasteiger partial charge is 0.337 e. The lowest BCUT2D eigenvalue weighted by Crippen LogP contribution is -2.26. The first-order chi connectivity index (χ1) is 9.97. The van der Waals surface area contributed by atoms with Crippen LogP contribution in [0.3, 0.4) is 0 Å². The number of hydrogen-bond acceptors (Lipinski definition) is 4. The number of imidazole rings is 1. The maximum atomic E-state index is 12.5. The van der Waals surface area contributed by atoms with Crippen LogP contribution in [0.2, 0.25) is 0 Å². The van der Waals surface area contributed by atoms with E-state index in [-0.39, 0.29) is 6.54 Å². The van der Waals surface area contributed by atoms with Gasteiger partial charge in [0.2, 0.25) is 10.0 Å². The molecule has 3 N–H and O–H groups in total. The molecule has 0 spiro atoms. The Kier molecular flexibility index (Phi) is 4.76. The topological polar surface area (TPSA) is 90.0 Å². The summed E-state index contributed by atoms with van der Waals surface area (Å²) in [4.78, 5) is 4.40. The molecule has 0 bridgehead atoms. The lowest BCUT2D eigenvalue weighted by Gasteiger charge is -2.12. The van der Waals surface area contributed by atoms with Crippen molar-refractivity contribution in [1.82, 2.24) is 14.3 Å². The second-order valence-corrected chi connectivity index (χ2v) is 6.51. The SMILES string of the molecule is CCc1ccc(CN)cc1S(=O)(=O)NCc1nccn1C. The second-order valence-electron chi connectivity index (χ2n) is 4.78. The number of hydrogen-bond donors (Lipinski definition) is 2. The molecular weight excluding hydrogens is 288 g/mol. The van der Waals surface area contributed by atoms with Gasteiger partial charge in [-0.2, -0.15) is 0 Å². The molecule has 2 aromatic rings. The third-order valence-electron chi connectivity index (χ3n) is 3.38. The van der Waals surface area contributed by atoms with E-state index in [2.05, 4.69) is 9.71 Å². The molecule has 0 aliphatic carbocycles. The van der Waals surface area contributed by atoms with Gasteiger partial charge in [-0.3, -0.25) is 0 Å². The van der Waals surface area contributed by atoms with Gasteiger partial charge >= 0.3 is 0 Å². The highest BCUT2D eigenvalue weighted by Crippen LogP contribution is 2.18. The predicted molar refractivity (Wildman–Crippen MR) is 80.9 cm³/mol. The number of benzene rings is 1. The summed E-state index contributed by atoms with van der Waals surface area (Å²) in [6.45, 7) is 2.39. The molecule has 0 amide bonds. The number of sulfonamides is 1. The van der Waals surface area contributed by atoms with E-state index in [1.807, 2.05) is 26.1 Å². The molecule has 0 unspecified atom stereocenters. The monoisotopic (exact) mass is 308 g/mol. The number of nitrogens with zero attached hydrogens (tertiary/aromatic N) is 2. The van der Waals surface area contributed by atoms with Crippen molar-refractivity contribution < 1.29 is 8.42 Å². The number of aromatic nitrogens is 2. The molecule has 0 fully saturated rings. The minimum Gasteiger partial charge on any atom is -0.337 e. The highest BCUT2D eigenvalue weighted by molar-refractivity contribution is 7.89. The summed E-state index contributed by atoms with van der Waals surface area (Å²) in [5.41, 5.74) is 7.17. The smallest absolute Gasteiger partial charge is 0.241 e. The van der Waals surface area contributed by atoms with Gasteiger partial charge in [-0.25, -0.2) is 18.1 Å². The number of nitrogens with one attached hydrogen (secondary N) is 1. The van der Waals surface area contributed by atoms with E-state index in [0.717, 1.165) is 11.1 Å². The normalized spacial score (nSPS) is 11.8. The molecule has 6 nitrogen and oxygen atoms in total. The van der Waals surface area contributed by atoms with Gasteiger partial charge in [0.25, 0.3) is 0 Å². The van der Waals surface area contributed by atoms with Crippen molar-refractivity contribution in [3.8, 4) is 0 Å². The summed E-state index contributed by atoms with van der Waals surface area (Å²) in [6, 6.07) is 5.31. The molecule has 0 aliphatic rings. The molecule has 1 aromatic heterocycles. The predicted octanol–water partition coefficient (Wildman–Crippen LogP) is 0.920. The average Bonchev–Trinajstić information content (AvgIpc) is 2.90. The number of aryl methyl sites for hydroxylation is 2. The Morgan fingerprint density at radius 2 is 2.14 bits per heavy atom. The third kappa shape index (κ3) is 3.49. The van der Waals surface area contributed by atoms with Crippen LogP contribution in [0.4, 0.5) is 0 Å². The van der Waals surface area contributed by atoms with Crippen LogP contribution in [-0.4, -0.2) is 18.0 Å². The third-order valence-corrected chi connectivity index (χ3v) is 4.86. The Bertz CT molecular complexity index is 722. The number of rotatable bonds is 6. The van der Waals surface area contributed by atoms with Crippen molar-refractivity contribution in [2.24, 2.45) is 12.8 Å². The van der Waals surface area contributed by atoms with Crippen molar-refractivity contribution >= 4 is 10.0 Å². The zero-order chi connectivity index (χ0) is 15.5. The second kappa shape index (κ2) is 6.38. The van der Waals surface area contributed by atoms with Crippen LogP contribution < -0.4 is 10.5 Å². The fourth-order valence-electron chi connectivity index (χ4n) is 2.07. The first kappa shape index (κ1) is 15.7. The zero-order valence-corrected chi connectivity index (χ0v) is 13.0. The Hall–Kier alpha value is -1.70. The van der Waals surface area contributed by atoms with E-state index < -0.39 is 10.0 Å². The molecular formula is C14H20N4O2S. The van der Waals surface area contributed by atoms with E-state index >= 15 is 0 Å². The van der Waals surface area contributed by atoms with E-state index in [4.69, 9.17) is 5.73 Å². The van der Waals surface area contributed by atoms with E-state index in [9.17, 15) is 8.42 Å². The van der Waals surface area contributed by atoms with Gasteiger partial charge < -0.3 is 10.3 Å². The molecule has 1 aromatic carbocycles. The van der Waals surface area contributed by atoms with Crippen molar-refractivity contribution in [1.29, 1.82) is 0 Å². The fourth-order valence-corrected chi connectivity index (χ4v) is 3.41. The lowest BCUT2D eigenvalue weighted by atomic mass is 10.1. The maximum Gasteiger partial charge on any atom is 0.241 e. The molecule has 0 aliphatic heterocycles. The maximum absolute atomic E-state index is 12.5. The van der Waals surface area contributed by atoms with Gasteiger partial charge in [0.15, 0.2) is 0 Å². The molecule has 0 atom stereocenters. The molecule has 0 radical (unpaired) electrons. The minimum atomic E-state index is -3.59. The Balaban J connectivity index is 2.28. The van der Waals surface area contributed by atoms with Gasteiger partial charge in [0, 0.05) is 26.0 Å². The van der Waals surface area contributed by atoms with Gasteiger partial charge in [0.1, 0.15) is 5.82 Å². The molecule has 114 valence electrons. The summed E-state index contributed by atoms with van der Waals surface area (Å²) in [7, 11) is -1.76. The summed E-state index contributed by atoms with van der Waals surface area (Å²) < 4.78 is 29.4. The van der Waals surface area contributed by atoms with E-state index in [0.29, 0.717) is 23.7 Å². The molecule has 21 heavy (non-hydrogen) atoms. The molecule has 7 heteroatoms. The Labute approximate surface area is 125 Å². The molecule has 1 heterocycles. The number of nitrogens with two attached hydrogens (primary N) is 1. The van der Waals surface area contributed by atoms with Crippen LogP contribution in [0, 0.1) is 0 Å². The highest BCUT2D eigenvalue weighted by Gasteiger charge is 2.18. The molecule has 0 saturated carbocycles. The van der Waals surface area contributed by atoms with Crippen molar-refractivity contribution in [2.75, 3.05) is 0 Å². The fraction of sp³-hybridized carbons (Fsp3) is 0.357. The van der Waals surface area contributed by atoms with Gasteiger partial charge in [-0.15, -0.1) is 0 Å². The highest BCUT2D eigenvalue weighted by atomic mass is 32.2. The summed E-state index contributed by atoms with van der Waals surface area (Å²) in [6.07, 6.45) is 4.05. The van der Waals surface area contributed by atoms with Crippen molar-refractivity contribution in [3.05, 3.63) is 47.5 Å². The van der Waals surface area contributed by atoms with Crippen LogP contribution in [0.15, 0.2) is 35.5 Å². The van der Waals surface area contributed by atoms with Crippen molar-refractivity contribution in [2.45, 2.75) is 31.3 Å². The zero-order valence-electron chi connectivity index (χ0n) is 12.2. The van der Waals surface area contributed by atoms with Crippen LogP contribution in [0.25, 0.3) is 0 Å². The molecule has 0 saturated heterocycles. The summed E-state index contributed by atoms with van der Waals surface area (Å²) >= 11 is 0. The lowest BCUT2D eigenvalue weighted by molar-refractivity contribution is 0.576. The van der Waals surface area contributed by atoms with Crippen LogP contribution in [0.5, 0.6) is 0 Å². The van der Waals surface area contributed by atoms with Crippen molar-refractivity contribution in [3.63, 3.8) is 0 Å². The summed E-state index contributed by atoms with van der Waals surface area (Å²) in [5.74, 6) is 0.659. The van der Waals surface area contributed by atoms with Gasteiger partial charge in [-0.05, 0) is 23.6 Å². The Morgan fingerprint density at radius 3 is 2.71 bits per heavy atom. The average molecular weight is 308 g/mol. The van der Waals surface area contributed by atoms with Crippen LogP contribution in [-0.2, 0) is 36.6 Å². The summed E-state index contributed by atoms with van der Waals surface area (Å²) in [5, 5.41) is 0. The van der Waals surface area contributed by atoms with E-state index in [1.54, 1.807) is 23.0 Å². The van der Waals surface area contributed by atoms with Crippen LogP contribution in [0.1, 0.15) is 23.9 Å². The first-order valence-electron chi connectivity index (χ1n) is 6.75. The van der Waals surface area contributed by atoms with Crippen LogP contribution >= 0.6 is 0 Å². The molecule has 2 rings (SSSR count). The first-order valence-corrected chi connectivity index (χ1v) is 8.24. The Morgan fingerprint density at radius 1 is 1.38 bits per heavy atom.